The Morgan fingerprint density at radius 2 is 1.81 bits per heavy atom. The van der Waals surface area contributed by atoms with Crippen molar-refractivity contribution in [3.8, 4) is 5.69 Å². The minimum Gasteiger partial charge on any atom is -0.340 e. The molecule has 0 aliphatic carbocycles. The van der Waals surface area contributed by atoms with Gasteiger partial charge in [0.05, 0.1) is 24.0 Å². The number of carbonyl (C=O) groups excluding carboxylic acids is 2. The molecule has 3 aromatic carbocycles. The van der Waals surface area contributed by atoms with Gasteiger partial charge in [0.2, 0.25) is 5.91 Å². The number of anilines is 1. The second-order valence-corrected chi connectivity index (χ2v) is 8.49. The van der Waals surface area contributed by atoms with Crippen LogP contribution in [0.4, 0.5) is 5.69 Å². The largest absolute Gasteiger partial charge is 0.340 e. The van der Waals surface area contributed by atoms with E-state index < -0.39 is 11.9 Å². The Bertz CT molecular complexity index is 1520. The molecule has 0 aliphatic heterocycles. The van der Waals surface area contributed by atoms with Crippen LogP contribution in [0.1, 0.15) is 17.2 Å². The monoisotopic (exact) mass is 497 g/mol. The van der Waals surface area contributed by atoms with E-state index in [0.717, 1.165) is 22.0 Å². The molecule has 9 nitrogen and oxygen atoms in total. The van der Waals surface area contributed by atoms with E-state index in [-0.39, 0.29) is 12.3 Å². The van der Waals surface area contributed by atoms with Crippen LogP contribution in [-0.2, 0) is 16.0 Å². The number of hydrogen-bond acceptors (Lipinski definition) is 6. The number of amides is 2. The number of nitrogens with zero attached hydrogens (tertiary/aromatic N) is 5. The van der Waals surface area contributed by atoms with Gasteiger partial charge in [-0.3, -0.25) is 14.6 Å². The van der Waals surface area contributed by atoms with E-state index in [0.29, 0.717) is 16.3 Å². The quantitative estimate of drug-likeness (QED) is 0.352. The Kier molecular flexibility index (Phi) is 6.63. The standard InChI is InChI=1S/C26H20ClN7O2/c27-20-6-3-5-18(13-20)25(26(36)30-23-15-28-14-19-4-1-2-7-22(19)23)31-24(35)12-17-8-10-21(11-9-17)34-16-29-32-33-34/h1-11,13-16,25H,12H2,(H,30,36)(H,31,35). The second kappa shape index (κ2) is 10.3. The molecule has 0 radical (unpaired) electrons. The summed E-state index contributed by atoms with van der Waals surface area (Å²) in [7, 11) is 0. The maximum absolute atomic E-state index is 13.4. The molecule has 2 amide bonds. The molecule has 2 aromatic heterocycles. The van der Waals surface area contributed by atoms with Gasteiger partial charge in [-0.05, 0) is 45.8 Å². The fraction of sp³-hybridized carbons (Fsp3) is 0.0769. The third-order valence-electron chi connectivity index (χ3n) is 5.59. The summed E-state index contributed by atoms with van der Waals surface area (Å²) in [6.45, 7) is 0. The van der Waals surface area contributed by atoms with Gasteiger partial charge >= 0.3 is 0 Å². The molecular weight excluding hydrogens is 478 g/mol. The van der Waals surface area contributed by atoms with Crippen molar-refractivity contribution in [3.63, 3.8) is 0 Å². The highest BCUT2D eigenvalue weighted by molar-refractivity contribution is 6.30. The molecule has 0 spiro atoms. The summed E-state index contributed by atoms with van der Waals surface area (Å²) in [5, 5.41) is 19.0. The van der Waals surface area contributed by atoms with E-state index in [1.165, 1.54) is 11.0 Å². The molecule has 0 fully saturated rings. The zero-order valence-electron chi connectivity index (χ0n) is 18.9. The van der Waals surface area contributed by atoms with Crippen molar-refractivity contribution in [3.05, 3.63) is 108 Å². The number of benzene rings is 3. The fourth-order valence-corrected chi connectivity index (χ4v) is 4.05. The molecule has 2 N–H and O–H groups in total. The molecule has 1 atom stereocenters. The normalized spacial score (nSPS) is 11.7. The Hall–Kier alpha value is -4.63. The summed E-state index contributed by atoms with van der Waals surface area (Å²) >= 11 is 6.18. The Labute approximate surface area is 211 Å². The molecule has 0 saturated carbocycles. The number of rotatable bonds is 7. The summed E-state index contributed by atoms with van der Waals surface area (Å²) in [6.07, 6.45) is 4.88. The average molecular weight is 498 g/mol. The number of tetrazole rings is 1. The zero-order chi connectivity index (χ0) is 24.9. The summed E-state index contributed by atoms with van der Waals surface area (Å²) in [5.41, 5.74) is 2.66. The van der Waals surface area contributed by atoms with Crippen LogP contribution in [0, 0.1) is 0 Å². The number of nitrogens with one attached hydrogen (secondary N) is 2. The average Bonchev–Trinajstić information content (AvgIpc) is 3.43. The van der Waals surface area contributed by atoms with Crippen molar-refractivity contribution in [1.29, 1.82) is 0 Å². The topological polar surface area (TPSA) is 115 Å². The molecule has 36 heavy (non-hydrogen) atoms. The summed E-state index contributed by atoms with van der Waals surface area (Å²) in [5.74, 6) is -0.723. The van der Waals surface area contributed by atoms with Crippen LogP contribution in [0.25, 0.3) is 16.5 Å². The van der Waals surface area contributed by atoms with E-state index in [9.17, 15) is 9.59 Å². The predicted molar refractivity (Wildman–Crippen MR) is 136 cm³/mol. The second-order valence-electron chi connectivity index (χ2n) is 8.05. The first-order valence-corrected chi connectivity index (χ1v) is 11.5. The predicted octanol–water partition coefficient (Wildman–Crippen LogP) is 3.90. The smallest absolute Gasteiger partial charge is 0.251 e. The fourth-order valence-electron chi connectivity index (χ4n) is 3.85. The van der Waals surface area contributed by atoms with Gasteiger partial charge in [0.15, 0.2) is 0 Å². The molecular formula is C26H20ClN7O2. The first-order valence-electron chi connectivity index (χ1n) is 11.1. The molecule has 5 aromatic rings. The maximum atomic E-state index is 13.4. The number of carbonyl (C=O) groups is 2. The van der Waals surface area contributed by atoms with Gasteiger partial charge in [0.25, 0.3) is 5.91 Å². The van der Waals surface area contributed by atoms with Crippen molar-refractivity contribution in [1.82, 2.24) is 30.5 Å². The number of hydrogen-bond donors (Lipinski definition) is 2. The molecule has 0 aliphatic rings. The van der Waals surface area contributed by atoms with Gasteiger partial charge in [0.1, 0.15) is 12.4 Å². The highest BCUT2D eigenvalue weighted by Gasteiger charge is 2.24. The van der Waals surface area contributed by atoms with Crippen LogP contribution >= 0.6 is 11.6 Å². The van der Waals surface area contributed by atoms with Gasteiger partial charge in [-0.15, -0.1) is 5.10 Å². The van der Waals surface area contributed by atoms with E-state index in [2.05, 4.69) is 31.1 Å². The highest BCUT2D eigenvalue weighted by atomic mass is 35.5. The van der Waals surface area contributed by atoms with Crippen LogP contribution in [0.2, 0.25) is 5.02 Å². The lowest BCUT2D eigenvalue weighted by Crippen LogP contribution is -2.37. The Morgan fingerprint density at radius 3 is 2.58 bits per heavy atom. The zero-order valence-corrected chi connectivity index (χ0v) is 19.6. The van der Waals surface area contributed by atoms with E-state index in [4.69, 9.17) is 11.6 Å². The van der Waals surface area contributed by atoms with E-state index in [1.54, 1.807) is 36.7 Å². The number of aromatic nitrogens is 5. The van der Waals surface area contributed by atoms with Crippen LogP contribution in [0.15, 0.2) is 91.5 Å². The molecule has 2 heterocycles. The number of fused-ring (bicyclic) bond motifs is 1. The first-order chi connectivity index (χ1) is 17.6. The first kappa shape index (κ1) is 23.1. The van der Waals surface area contributed by atoms with Crippen molar-refractivity contribution < 1.29 is 9.59 Å². The van der Waals surface area contributed by atoms with Crippen LogP contribution < -0.4 is 10.6 Å². The van der Waals surface area contributed by atoms with Crippen molar-refractivity contribution in [2.24, 2.45) is 0 Å². The number of pyridine rings is 1. The summed E-state index contributed by atoms with van der Waals surface area (Å²) < 4.78 is 1.52. The molecule has 0 bridgehead atoms. The van der Waals surface area contributed by atoms with E-state index in [1.807, 2.05) is 48.5 Å². The molecule has 1 unspecified atom stereocenters. The van der Waals surface area contributed by atoms with Crippen molar-refractivity contribution in [2.75, 3.05) is 5.32 Å². The molecule has 5 rings (SSSR count). The van der Waals surface area contributed by atoms with Gasteiger partial charge < -0.3 is 10.6 Å². The third kappa shape index (κ3) is 5.21. The molecule has 0 saturated heterocycles. The minimum absolute atomic E-state index is 0.0794. The van der Waals surface area contributed by atoms with Crippen molar-refractivity contribution >= 4 is 39.9 Å². The Balaban J connectivity index is 1.35. The third-order valence-corrected chi connectivity index (χ3v) is 5.83. The lowest BCUT2D eigenvalue weighted by Gasteiger charge is -2.20. The van der Waals surface area contributed by atoms with Crippen molar-refractivity contribution in [2.45, 2.75) is 12.5 Å². The van der Waals surface area contributed by atoms with Crippen LogP contribution in [-0.4, -0.2) is 37.0 Å². The van der Waals surface area contributed by atoms with Gasteiger partial charge in [-0.2, -0.15) is 0 Å². The SMILES string of the molecule is O=C(Cc1ccc(-n2cnnn2)cc1)NC(C(=O)Nc1cncc2ccccc12)c1cccc(Cl)c1. The summed E-state index contributed by atoms with van der Waals surface area (Å²) in [6, 6.07) is 20.8. The van der Waals surface area contributed by atoms with Crippen LogP contribution in [0.5, 0.6) is 0 Å². The molecule has 10 heteroatoms. The lowest BCUT2D eigenvalue weighted by molar-refractivity contribution is -0.126. The lowest BCUT2D eigenvalue weighted by atomic mass is 10.0. The Morgan fingerprint density at radius 1 is 0.972 bits per heavy atom. The summed E-state index contributed by atoms with van der Waals surface area (Å²) in [4.78, 5) is 30.6. The number of halogens is 1. The van der Waals surface area contributed by atoms with E-state index >= 15 is 0 Å². The van der Waals surface area contributed by atoms with Gasteiger partial charge in [0, 0.05) is 22.0 Å². The van der Waals surface area contributed by atoms with Crippen LogP contribution in [0.3, 0.4) is 0 Å². The van der Waals surface area contributed by atoms with Gasteiger partial charge in [-0.1, -0.05) is 60.1 Å². The van der Waals surface area contributed by atoms with Gasteiger partial charge in [-0.25, -0.2) is 4.68 Å². The maximum Gasteiger partial charge on any atom is 0.251 e. The minimum atomic E-state index is -0.962. The highest BCUT2D eigenvalue weighted by Crippen LogP contribution is 2.24. The molecule has 178 valence electrons.